The van der Waals surface area contributed by atoms with Crippen molar-refractivity contribution in [1.82, 2.24) is 0 Å². The van der Waals surface area contributed by atoms with E-state index in [1.165, 1.54) is 0 Å². The van der Waals surface area contributed by atoms with Crippen LogP contribution in [-0.4, -0.2) is 11.1 Å². The van der Waals surface area contributed by atoms with Gasteiger partial charge < -0.3 is 14.8 Å². The first-order chi connectivity index (χ1) is 8.27. The average Bonchev–Trinajstić information content (AvgIpc) is 2.89. The Balaban J connectivity index is 1.89. The maximum Gasteiger partial charge on any atom is 0.157 e. The van der Waals surface area contributed by atoms with E-state index in [1.54, 1.807) is 6.26 Å². The molecular weight excluding hydrogens is 214 g/mol. The number of hydrogen-bond acceptors (Lipinski definition) is 2. The molecule has 0 spiro atoms. The van der Waals surface area contributed by atoms with Crippen molar-refractivity contribution in [1.29, 1.82) is 0 Å². The second-order valence-electron chi connectivity index (χ2n) is 4.23. The number of benzene rings is 1. The molecule has 3 nitrogen and oxygen atoms in total. The van der Waals surface area contributed by atoms with Gasteiger partial charge in [0.1, 0.15) is 18.7 Å². The first-order valence-corrected chi connectivity index (χ1v) is 5.86. The van der Waals surface area contributed by atoms with Gasteiger partial charge in [-0.25, -0.2) is 0 Å². The molecule has 3 heteroatoms. The third-order valence-electron chi connectivity index (χ3n) is 2.91. The third kappa shape index (κ3) is 3.19. The van der Waals surface area contributed by atoms with Crippen LogP contribution in [0.5, 0.6) is 0 Å². The van der Waals surface area contributed by atoms with E-state index in [-0.39, 0.29) is 6.04 Å². The first-order valence-electron chi connectivity index (χ1n) is 5.86. The molecule has 0 radical (unpaired) electrons. The van der Waals surface area contributed by atoms with Crippen LogP contribution < -0.4 is 5.32 Å². The van der Waals surface area contributed by atoms with Crippen LogP contribution in [0.25, 0.3) is 0 Å². The highest BCUT2D eigenvalue weighted by atomic mass is 16.3. The Kier molecular flexibility index (Phi) is 3.96. The van der Waals surface area contributed by atoms with Crippen LogP contribution in [0.15, 0.2) is 53.1 Å². The SMILES string of the molecule is C[C@@H]([NH2+]Cc1ccco1)[C@H](O)c1ccccc1. The molecule has 17 heavy (non-hydrogen) atoms. The van der Waals surface area contributed by atoms with Crippen molar-refractivity contribution in [3.8, 4) is 0 Å². The van der Waals surface area contributed by atoms with Gasteiger partial charge in [0.2, 0.25) is 0 Å². The predicted molar refractivity (Wildman–Crippen MR) is 65.2 cm³/mol. The highest BCUT2D eigenvalue weighted by Crippen LogP contribution is 2.13. The normalized spacial score (nSPS) is 14.5. The van der Waals surface area contributed by atoms with E-state index in [0.717, 1.165) is 17.9 Å². The maximum atomic E-state index is 10.2. The van der Waals surface area contributed by atoms with Crippen molar-refractivity contribution < 1.29 is 14.8 Å². The zero-order valence-electron chi connectivity index (χ0n) is 9.91. The Morgan fingerprint density at radius 3 is 2.59 bits per heavy atom. The largest absolute Gasteiger partial charge is 0.463 e. The van der Waals surface area contributed by atoms with Gasteiger partial charge in [0.15, 0.2) is 5.76 Å². The minimum atomic E-state index is -0.453. The number of hydrogen-bond donors (Lipinski definition) is 2. The molecule has 0 fully saturated rings. The van der Waals surface area contributed by atoms with Crippen molar-refractivity contribution >= 4 is 0 Å². The van der Waals surface area contributed by atoms with Gasteiger partial charge in [-0.3, -0.25) is 0 Å². The van der Waals surface area contributed by atoms with Gasteiger partial charge in [0.05, 0.1) is 6.26 Å². The van der Waals surface area contributed by atoms with Gasteiger partial charge in [0, 0.05) is 0 Å². The zero-order chi connectivity index (χ0) is 12.1. The molecule has 0 saturated heterocycles. The highest BCUT2D eigenvalue weighted by molar-refractivity contribution is 5.17. The van der Waals surface area contributed by atoms with Gasteiger partial charge in [-0.2, -0.15) is 0 Å². The molecule has 0 unspecified atom stereocenters. The molecular formula is C14H18NO2+. The van der Waals surface area contributed by atoms with E-state index in [1.807, 2.05) is 49.4 Å². The van der Waals surface area contributed by atoms with Crippen LogP contribution in [0.4, 0.5) is 0 Å². The lowest BCUT2D eigenvalue weighted by atomic mass is 10.0. The van der Waals surface area contributed by atoms with Crippen LogP contribution in [0.3, 0.4) is 0 Å². The van der Waals surface area contributed by atoms with Crippen LogP contribution in [0, 0.1) is 0 Å². The summed E-state index contributed by atoms with van der Waals surface area (Å²) in [7, 11) is 0. The monoisotopic (exact) mass is 232 g/mol. The molecule has 1 aromatic heterocycles. The number of aliphatic hydroxyl groups is 1. The fourth-order valence-corrected chi connectivity index (χ4v) is 1.81. The molecule has 2 rings (SSSR count). The van der Waals surface area contributed by atoms with E-state index in [0.29, 0.717) is 0 Å². The van der Waals surface area contributed by atoms with Crippen LogP contribution >= 0.6 is 0 Å². The molecule has 3 N–H and O–H groups in total. The van der Waals surface area contributed by atoms with Gasteiger partial charge in [-0.1, -0.05) is 30.3 Å². The Morgan fingerprint density at radius 1 is 1.18 bits per heavy atom. The molecule has 90 valence electrons. The number of nitrogens with two attached hydrogens (primary N) is 1. The lowest BCUT2D eigenvalue weighted by molar-refractivity contribution is -0.710. The second-order valence-corrected chi connectivity index (χ2v) is 4.23. The maximum absolute atomic E-state index is 10.2. The smallest absolute Gasteiger partial charge is 0.157 e. The van der Waals surface area contributed by atoms with Gasteiger partial charge >= 0.3 is 0 Å². The first kappa shape index (κ1) is 11.9. The molecule has 0 bridgehead atoms. The number of rotatable bonds is 5. The van der Waals surface area contributed by atoms with E-state index in [2.05, 4.69) is 5.32 Å². The summed E-state index contributed by atoms with van der Waals surface area (Å²) in [6.45, 7) is 2.76. The number of furan rings is 1. The summed E-state index contributed by atoms with van der Waals surface area (Å²) in [6.07, 6.45) is 1.22. The summed E-state index contributed by atoms with van der Waals surface area (Å²) >= 11 is 0. The second kappa shape index (κ2) is 5.66. The standard InChI is InChI=1S/C14H17NO2/c1-11(15-10-13-8-5-9-17-13)14(16)12-6-3-2-4-7-12/h2-9,11,14-16H,10H2,1H3/p+1/t11-,14+/m1/s1. The number of quaternary nitrogens is 1. The van der Waals surface area contributed by atoms with Crippen molar-refractivity contribution in [2.75, 3.05) is 0 Å². The molecule has 0 aliphatic rings. The van der Waals surface area contributed by atoms with Crippen LogP contribution in [-0.2, 0) is 6.54 Å². The van der Waals surface area contributed by atoms with Crippen LogP contribution in [0.2, 0.25) is 0 Å². The van der Waals surface area contributed by atoms with E-state index >= 15 is 0 Å². The average molecular weight is 232 g/mol. The highest BCUT2D eigenvalue weighted by Gasteiger charge is 2.18. The van der Waals surface area contributed by atoms with Crippen molar-refractivity contribution in [3.05, 3.63) is 60.1 Å². The van der Waals surface area contributed by atoms with Crippen LogP contribution in [0.1, 0.15) is 24.4 Å². The quantitative estimate of drug-likeness (QED) is 0.820. The summed E-state index contributed by atoms with van der Waals surface area (Å²) in [5, 5.41) is 12.2. The topological polar surface area (TPSA) is 50.0 Å². The molecule has 2 aromatic rings. The molecule has 1 aromatic carbocycles. The molecule has 0 aliphatic carbocycles. The summed E-state index contributed by atoms with van der Waals surface area (Å²) in [5.74, 6) is 0.928. The van der Waals surface area contributed by atoms with E-state index in [9.17, 15) is 5.11 Å². The lowest BCUT2D eigenvalue weighted by Gasteiger charge is -2.17. The van der Waals surface area contributed by atoms with E-state index < -0.39 is 6.10 Å². The summed E-state index contributed by atoms with van der Waals surface area (Å²) in [4.78, 5) is 0. The van der Waals surface area contributed by atoms with Crippen molar-refractivity contribution in [3.63, 3.8) is 0 Å². The fraction of sp³-hybridized carbons (Fsp3) is 0.286. The summed E-state index contributed by atoms with van der Waals surface area (Å²) < 4.78 is 5.26. The molecule has 2 atom stereocenters. The van der Waals surface area contributed by atoms with Gasteiger partial charge in [-0.15, -0.1) is 0 Å². The third-order valence-corrected chi connectivity index (χ3v) is 2.91. The summed E-state index contributed by atoms with van der Waals surface area (Å²) in [6, 6.07) is 13.6. The molecule has 1 heterocycles. The van der Waals surface area contributed by atoms with E-state index in [4.69, 9.17) is 4.42 Å². The molecule has 0 amide bonds. The van der Waals surface area contributed by atoms with Gasteiger partial charge in [0.25, 0.3) is 0 Å². The predicted octanol–water partition coefficient (Wildman–Crippen LogP) is 1.47. The van der Waals surface area contributed by atoms with Crippen molar-refractivity contribution in [2.24, 2.45) is 0 Å². The summed E-state index contributed by atoms with van der Waals surface area (Å²) in [5.41, 5.74) is 0.954. The Morgan fingerprint density at radius 2 is 1.94 bits per heavy atom. The zero-order valence-corrected chi connectivity index (χ0v) is 9.91. The Bertz CT molecular complexity index is 425. The molecule has 0 saturated carbocycles. The minimum Gasteiger partial charge on any atom is -0.463 e. The van der Waals surface area contributed by atoms with Crippen molar-refractivity contribution in [2.45, 2.75) is 25.6 Å². The number of aliphatic hydroxyl groups excluding tert-OH is 1. The molecule has 0 aliphatic heterocycles. The Labute approximate surface area is 101 Å². The Hall–Kier alpha value is -1.58. The minimum absolute atomic E-state index is 0.0995. The lowest BCUT2D eigenvalue weighted by Crippen LogP contribution is -2.88. The van der Waals surface area contributed by atoms with Gasteiger partial charge in [-0.05, 0) is 24.6 Å². The fourth-order valence-electron chi connectivity index (χ4n) is 1.81.